The third kappa shape index (κ3) is 2.86. The van der Waals surface area contributed by atoms with E-state index in [1.807, 2.05) is 5.38 Å². The van der Waals surface area contributed by atoms with Gasteiger partial charge < -0.3 is 0 Å². The zero-order chi connectivity index (χ0) is 10.7. The van der Waals surface area contributed by atoms with Crippen molar-refractivity contribution in [2.75, 3.05) is 0 Å². The number of unbranched alkanes of at least 4 members (excludes halogenated alkanes) is 1. The number of aryl methyl sites for hydroxylation is 1. The molecule has 0 aliphatic rings. The lowest BCUT2D eigenvalue weighted by molar-refractivity contribution is 0.790. The molecule has 2 rings (SSSR count). The van der Waals surface area contributed by atoms with E-state index in [1.165, 1.54) is 17.8 Å². The number of hydrogen-bond donors (Lipinski definition) is 0. The van der Waals surface area contributed by atoms with Gasteiger partial charge in [-0.2, -0.15) is 0 Å². The maximum atomic E-state index is 4.58. The average molecular weight is 303 g/mol. The second kappa shape index (κ2) is 5.18. The lowest BCUT2D eigenvalue weighted by Gasteiger charge is -1.91. The van der Waals surface area contributed by atoms with Gasteiger partial charge in [0.2, 0.25) is 0 Å². The summed E-state index contributed by atoms with van der Waals surface area (Å²) in [5.41, 5.74) is 1.02. The summed E-state index contributed by atoms with van der Waals surface area (Å²) < 4.78 is 0.894. The molecule has 80 valence electrons. The Hall–Kier alpha value is -0.260. The Morgan fingerprint density at radius 2 is 2.13 bits per heavy atom. The fourth-order valence-corrected chi connectivity index (χ4v) is 3.34. The molecule has 0 spiro atoms. The van der Waals surface area contributed by atoms with E-state index in [-0.39, 0.29) is 0 Å². The summed E-state index contributed by atoms with van der Waals surface area (Å²) in [6, 6.07) is 0. The van der Waals surface area contributed by atoms with Crippen molar-refractivity contribution in [3.05, 3.63) is 20.4 Å². The highest BCUT2D eigenvalue weighted by atomic mass is 79.9. The highest BCUT2D eigenvalue weighted by Crippen LogP contribution is 2.27. The smallest absolute Gasteiger partial charge is 0.144 e. The van der Waals surface area contributed by atoms with Crippen molar-refractivity contribution in [2.45, 2.75) is 26.2 Å². The Bertz CT molecular complexity index is 436. The maximum Gasteiger partial charge on any atom is 0.144 e. The predicted molar refractivity (Wildman–Crippen MR) is 69.5 cm³/mol. The molecule has 0 aromatic carbocycles. The summed E-state index contributed by atoms with van der Waals surface area (Å²) in [6.07, 6.45) is 3.53. The number of halogens is 1. The number of thiazole rings is 2. The summed E-state index contributed by atoms with van der Waals surface area (Å²) in [7, 11) is 0. The van der Waals surface area contributed by atoms with Crippen molar-refractivity contribution >= 4 is 38.6 Å². The van der Waals surface area contributed by atoms with Crippen LogP contribution in [-0.2, 0) is 6.42 Å². The van der Waals surface area contributed by atoms with Gasteiger partial charge in [0.15, 0.2) is 0 Å². The molecular formula is C10H11BrN2S2. The molecule has 2 heterocycles. The zero-order valence-corrected chi connectivity index (χ0v) is 11.6. The number of hydrogen-bond acceptors (Lipinski definition) is 4. The molecule has 0 N–H and O–H groups in total. The molecule has 0 radical (unpaired) electrons. The van der Waals surface area contributed by atoms with Gasteiger partial charge in [-0.05, 0) is 28.8 Å². The second-order valence-electron chi connectivity index (χ2n) is 3.21. The molecule has 0 unspecified atom stereocenters. The van der Waals surface area contributed by atoms with E-state index in [2.05, 4.69) is 38.2 Å². The van der Waals surface area contributed by atoms with Crippen LogP contribution in [0.1, 0.15) is 24.8 Å². The lowest BCUT2D eigenvalue weighted by Crippen LogP contribution is -1.83. The van der Waals surface area contributed by atoms with Crippen LogP contribution in [0.5, 0.6) is 0 Å². The van der Waals surface area contributed by atoms with Gasteiger partial charge in [0.1, 0.15) is 15.3 Å². The first kappa shape index (κ1) is 11.2. The Morgan fingerprint density at radius 1 is 1.27 bits per heavy atom. The van der Waals surface area contributed by atoms with Crippen LogP contribution in [0.15, 0.2) is 15.4 Å². The van der Waals surface area contributed by atoms with Crippen LogP contribution < -0.4 is 0 Å². The van der Waals surface area contributed by atoms with E-state index < -0.39 is 0 Å². The number of nitrogens with zero attached hydrogens (tertiary/aromatic N) is 2. The molecule has 2 aromatic heterocycles. The molecule has 2 aromatic rings. The van der Waals surface area contributed by atoms with Gasteiger partial charge in [-0.3, -0.25) is 0 Å². The third-order valence-electron chi connectivity index (χ3n) is 1.99. The van der Waals surface area contributed by atoms with Gasteiger partial charge in [-0.15, -0.1) is 22.7 Å². The van der Waals surface area contributed by atoms with E-state index >= 15 is 0 Å². The van der Waals surface area contributed by atoms with E-state index in [9.17, 15) is 0 Å². The Balaban J connectivity index is 2.13. The summed E-state index contributed by atoms with van der Waals surface area (Å²) in [5.74, 6) is 0. The van der Waals surface area contributed by atoms with E-state index in [1.54, 1.807) is 22.7 Å². The quantitative estimate of drug-likeness (QED) is 0.838. The standard InChI is InChI=1S/C10H11BrN2S2/c1-2-3-4-9-12-7(5-14-9)10-13-8(11)6-15-10/h5-6H,2-4H2,1H3. The minimum Gasteiger partial charge on any atom is -0.239 e. The van der Waals surface area contributed by atoms with Crippen LogP contribution in [0, 0.1) is 0 Å². The van der Waals surface area contributed by atoms with Gasteiger partial charge in [-0.1, -0.05) is 13.3 Å². The number of aromatic nitrogens is 2. The van der Waals surface area contributed by atoms with Gasteiger partial charge >= 0.3 is 0 Å². The Kier molecular flexibility index (Phi) is 3.88. The van der Waals surface area contributed by atoms with Crippen molar-refractivity contribution in [1.82, 2.24) is 9.97 Å². The van der Waals surface area contributed by atoms with Gasteiger partial charge in [0.05, 0.1) is 5.01 Å². The van der Waals surface area contributed by atoms with Crippen LogP contribution in [0.25, 0.3) is 10.7 Å². The van der Waals surface area contributed by atoms with Crippen LogP contribution in [0.2, 0.25) is 0 Å². The molecule has 0 atom stereocenters. The Morgan fingerprint density at radius 3 is 2.80 bits per heavy atom. The summed E-state index contributed by atoms with van der Waals surface area (Å²) in [5, 5.41) is 6.30. The zero-order valence-electron chi connectivity index (χ0n) is 8.36. The molecule has 15 heavy (non-hydrogen) atoms. The molecule has 0 fully saturated rings. The van der Waals surface area contributed by atoms with Crippen molar-refractivity contribution in [2.24, 2.45) is 0 Å². The van der Waals surface area contributed by atoms with Gasteiger partial charge in [0, 0.05) is 10.8 Å². The molecule has 2 nitrogen and oxygen atoms in total. The number of rotatable bonds is 4. The van der Waals surface area contributed by atoms with Crippen molar-refractivity contribution in [1.29, 1.82) is 0 Å². The first-order valence-electron chi connectivity index (χ1n) is 4.85. The van der Waals surface area contributed by atoms with Crippen LogP contribution >= 0.6 is 38.6 Å². The first-order chi connectivity index (χ1) is 7.29. The molecule has 5 heteroatoms. The molecule has 0 saturated heterocycles. The van der Waals surface area contributed by atoms with Crippen LogP contribution in [0.4, 0.5) is 0 Å². The highest BCUT2D eigenvalue weighted by molar-refractivity contribution is 9.10. The maximum absolute atomic E-state index is 4.58. The normalized spacial score (nSPS) is 10.8. The SMILES string of the molecule is CCCCc1nc(-c2nc(Br)cs2)cs1. The topological polar surface area (TPSA) is 25.8 Å². The lowest BCUT2D eigenvalue weighted by atomic mass is 10.3. The van der Waals surface area contributed by atoms with Gasteiger partial charge in [-0.25, -0.2) is 9.97 Å². The molecule has 0 aliphatic heterocycles. The first-order valence-corrected chi connectivity index (χ1v) is 7.40. The highest BCUT2D eigenvalue weighted by Gasteiger charge is 2.07. The minimum atomic E-state index is 0.894. The van der Waals surface area contributed by atoms with Crippen molar-refractivity contribution < 1.29 is 0 Å². The largest absolute Gasteiger partial charge is 0.239 e. The molecule has 0 amide bonds. The van der Waals surface area contributed by atoms with Crippen LogP contribution in [0.3, 0.4) is 0 Å². The minimum absolute atomic E-state index is 0.894. The van der Waals surface area contributed by atoms with Gasteiger partial charge in [0.25, 0.3) is 0 Å². The monoisotopic (exact) mass is 302 g/mol. The van der Waals surface area contributed by atoms with Crippen LogP contribution in [-0.4, -0.2) is 9.97 Å². The Labute approximate surface area is 106 Å². The summed E-state index contributed by atoms with van der Waals surface area (Å²) in [6.45, 7) is 2.20. The van der Waals surface area contributed by atoms with Crippen molar-refractivity contribution in [3.63, 3.8) is 0 Å². The van der Waals surface area contributed by atoms with E-state index in [0.29, 0.717) is 0 Å². The summed E-state index contributed by atoms with van der Waals surface area (Å²) in [4.78, 5) is 8.93. The fourth-order valence-electron chi connectivity index (χ4n) is 1.22. The molecule has 0 aliphatic carbocycles. The molecule has 0 saturated carbocycles. The van der Waals surface area contributed by atoms with Crippen molar-refractivity contribution in [3.8, 4) is 10.7 Å². The third-order valence-corrected chi connectivity index (χ3v) is 4.47. The van der Waals surface area contributed by atoms with E-state index in [4.69, 9.17) is 0 Å². The predicted octanol–water partition coefficient (Wildman–Crippen LogP) is 4.37. The average Bonchev–Trinajstić information content (AvgIpc) is 2.83. The fraction of sp³-hybridized carbons (Fsp3) is 0.400. The summed E-state index contributed by atoms with van der Waals surface area (Å²) >= 11 is 6.71. The van der Waals surface area contributed by atoms with E-state index in [0.717, 1.165) is 21.7 Å². The second-order valence-corrected chi connectivity index (χ2v) is 5.82. The molecule has 0 bridgehead atoms. The molecular weight excluding hydrogens is 292 g/mol.